The molecule has 74 valence electrons. The van der Waals surface area contributed by atoms with Gasteiger partial charge in [0.05, 0.1) is 0 Å². The predicted octanol–water partition coefficient (Wildman–Crippen LogP) is 1.83. The van der Waals surface area contributed by atoms with E-state index < -0.39 is 0 Å². The van der Waals surface area contributed by atoms with E-state index in [0.717, 1.165) is 18.8 Å². The summed E-state index contributed by atoms with van der Waals surface area (Å²) in [6.45, 7) is 5.63. The van der Waals surface area contributed by atoms with E-state index in [1.807, 2.05) is 6.92 Å². The zero-order chi connectivity index (χ0) is 9.68. The number of Topliss-reactive ketones (excluding diaryl/α,β-unsaturated/α-hetero) is 1. The molecule has 3 nitrogen and oxygen atoms in total. The first-order chi connectivity index (χ1) is 6.18. The topological polar surface area (TPSA) is 32.7 Å². The normalized spacial score (nSPS) is 18.9. The van der Waals surface area contributed by atoms with Gasteiger partial charge in [0, 0.05) is 25.2 Å². The molecular weight excluding hydrogens is 164 g/mol. The smallest absolute Gasteiger partial charge is 0.135 e. The van der Waals surface area contributed by atoms with Gasteiger partial charge < -0.3 is 0 Å². The molecule has 3 heteroatoms. The summed E-state index contributed by atoms with van der Waals surface area (Å²) < 4.78 is 0. The second kappa shape index (κ2) is 5.00. The third-order valence-corrected chi connectivity index (χ3v) is 2.15. The Balaban J connectivity index is 2.38. The van der Waals surface area contributed by atoms with Crippen molar-refractivity contribution in [3.63, 3.8) is 0 Å². The van der Waals surface area contributed by atoms with Crippen LogP contribution in [0.2, 0.25) is 0 Å². The quantitative estimate of drug-likeness (QED) is 0.624. The Morgan fingerprint density at radius 1 is 1.23 bits per heavy atom. The maximum absolute atomic E-state index is 10.8. The van der Waals surface area contributed by atoms with Gasteiger partial charge in [-0.15, -0.1) is 0 Å². The second-order valence-corrected chi connectivity index (χ2v) is 3.73. The molecule has 0 radical (unpaired) electrons. The van der Waals surface area contributed by atoms with E-state index in [-0.39, 0.29) is 5.78 Å². The highest BCUT2D eigenvalue weighted by atomic mass is 16.1. The van der Waals surface area contributed by atoms with Gasteiger partial charge in [0.15, 0.2) is 0 Å². The van der Waals surface area contributed by atoms with Gasteiger partial charge in [-0.2, -0.15) is 5.10 Å². The summed E-state index contributed by atoms with van der Waals surface area (Å²) in [6.07, 6.45) is 4.28. The molecule has 1 aliphatic heterocycles. The first-order valence-electron chi connectivity index (χ1n) is 4.97. The molecule has 1 heterocycles. The van der Waals surface area contributed by atoms with Crippen molar-refractivity contribution in [2.45, 2.75) is 39.5 Å². The molecule has 1 rings (SSSR count). The fraction of sp³-hybridized carbons (Fsp3) is 0.800. The Labute approximate surface area is 79.8 Å². The largest absolute Gasteiger partial charge is 0.300 e. The maximum atomic E-state index is 10.8. The number of carbonyl (C=O) groups is 1. The molecule has 1 aliphatic rings. The van der Waals surface area contributed by atoms with Gasteiger partial charge in [-0.25, -0.2) is 0 Å². The average Bonchev–Trinajstić information content (AvgIpc) is 2.04. The second-order valence-electron chi connectivity index (χ2n) is 3.73. The number of nitrogens with zero attached hydrogens (tertiary/aromatic N) is 2. The van der Waals surface area contributed by atoms with Gasteiger partial charge in [-0.05, 0) is 33.1 Å². The molecule has 0 N–H and O–H groups in total. The Hall–Kier alpha value is -0.860. The summed E-state index contributed by atoms with van der Waals surface area (Å²) in [7, 11) is 0. The van der Waals surface area contributed by atoms with E-state index in [0.29, 0.717) is 6.42 Å². The summed E-state index contributed by atoms with van der Waals surface area (Å²) in [6, 6.07) is 0. The van der Waals surface area contributed by atoms with Crippen LogP contribution in [0, 0.1) is 0 Å². The molecule has 0 amide bonds. The fourth-order valence-electron chi connectivity index (χ4n) is 1.61. The molecule has 0 bridgehead atoms. The lowest BCUT2D eigenvalue weighted by Gasteiger charge is -2.24. The third kappa shape index (κ3) is 4.06. The summed E-state index contributed by atoms with van der Waals surface area (Å²) in [5, 5.41) is 6.49. The Kier molecular flexibility index (Phi) is 3.93. The lowest BCUT2D eigenvalue weighted by molar-refractivity contribution is -0.115. The summed E-state index contributed by atoms with van der Waals surface area (Å²) in [5.41, 5.74) is 0.939. The van der Waals surface area contributed by atoms with Crippen molar-refractivity contribution < 1.29 is 4.79 Å². The number of hydrazone groups is 1. The van der Waals surface area contributed by atoms with Crippen LogP contribution in [0.25, 0.3) is 0 Å². The summed E-state index contributed by atoms with van der Waals surface area (Å²) in [5.74, 6) is 0.193. The van der Waals surface area contributed by atoms with Gasteiger partial charge in [0.25, 0.3) is 0 Å². The first-order valence-corrected chi connectivity index (χ1v) is 4.97. The molecule has 13 heavy (non-hydrogen) atoms. The Morgan fingerprint density at radius 2 is 1.85 bits per heavy atom. The van der Waals surface area contributed by atoms with E-state index in [1.165, 1.54) is 19.3 Å². The van der Waals surface area contributed by atoms with E-state index in [1.54, 1.807) is 6.92 Å². The number of ketones is 1. The lowest BCUT2D eigenvalue weighted by Crippen LogP contribution is -2.25. The number of rotatable bonds is 3. The SMILES string of the molecule is CC(=O)C/C(C)=N\N1CCCCC1. The zero-order valence-electron chi connectivity index (χ0n) is 8.55. The summed E-state index contributed by atoms with van der Waals surface area (Å²) in [4.78, 5) is 10.8. The Bertz CT molecular complexity index is 205. The van der Waals surface area contributed by atoms with Gasteiger partial charge >= 0.3 is 0 Å². The van der Waals surface area contributed by atoms with Crippen LogP contribution in [-0.4, -0.2) is 29.6 Å². The minimum Gasteiger partial charge on any atom is -0.300 e. The van der Waals surface area contributed by atoms with Crippen LogP contribution in [0.15, 0.2) is 5.10 Å². The summed E-state index contributed by atoms with van der Waals surface area (Å²) >= 11 is 0. The van der Waals surface area contributed by atoms with E-state index in [4.69, 9.17) is 0 Å². The molecule has 0 aliphatic carbocycles. The molecule has 1 saturated heterocycles. The Morgan fingerprint density at radius 3 is 2.38 bits per heavy atom. The van der Waals surface area contributed by atoms with Crippen LogP contribution in [0.4, 0.5) is 0 Å². The fourth-order valence-corrected chi connectivity index (χ4v) is 1.61. The molecule has 0 saturated carbocycles. The van der Waals surface area contributed by atoms with E-state index >= 15 is 0 Å². The molecule has 1 fully saturated rings. The molecule has 0 atom stereocenters. The third-order valence-electron chi connectivity index (χ3n) is 2.15. The average molecular weight is 182 g/mol. The highest BCUT2D eigenvalue weighted by Gasteiger charge is 2.07. The van der Waals surface area contributed by atoms with Crippen LogP contribution >= 0.6 is 0 Å². The lowest BCUT2D eigenvalue weighted by atomic mass is 10.2. The van der Waals surface area contributed by atoms with Gasteiger partial charge in [0.1, 0.15) is 5.78 Å². The first kappa shape index (κ1) is 10.2. The van der Waals surface area contributed by atoms with Crippen molar-refractivity contribution >= 4 is 11.5 Å². The van der Waals surface area contributed by atoms with Crippen molar-refractivity contribution in [2.24, 2.45) is 5.10 Å². The van der Waals surface area contributed by atoms with Crippen LogP contribution in [0.3, 0.4) is 0 Å². The van der Waals surface area contributed by atoms with Gasteiger partial charge in [-0.1, -0.05) is 0 Å². The van der Waals surface area contributed by atoms with E-state index in [2.05, 4.69) is 10.1 Å². The highest BCUT2D eigenvalue weighted by Crippen LogP contribution is 2.09. The van der Waals surface area contributed by atoms with Crippen LogP contribution in [-0.2, 0) is 4.79 Å². The van der Waals surface area contributed by atoms with Crippen molar-refractivity contribution in [1.82, 2.24) is 5.01 Å². The van der Waals surface area contributed by atoms with Crippen molar-refractivity contribution in [3.8, 4) is 0 Å². The maximum Gasteiger partial charge on any atom is 0.135 e. The molecule has 0 aromatic heterocycles. The van der Waals surface area contributed by atoms with Crippen molar-refractivity contribution in [3.05, 3.63) is 0 Å². The van der Waals surface area contributed by atoms with Crippen molar-refractivity contribution in [2.75, 3.05) is 13.1 Å². The minimum atomic E-state index is 0.193. The predicted molar refractivity (Wildman–Crippen MR) is 53.8 cm³/mol. The number of piperidine rings is 1. The van der Waals surface area contributed by atoms with E-state index in [9.17, 15) is 4.79 Å². The number of hydrogen-bond acceptors (Lipinski definition) is 3. The number of carbonyl (C=O) groups excluding carboxylic acids is 1. The van der Waals surface area contributed by atoms with Crippen molar-refractivity contribution in [1.29, 1.82) is 0 Å². The minimum absolute atomic E-state index is 0.193. The standard InChI is InChI=1S/C10H18N2O/c1-9(8-10(2)13)11-12-6-4-3-5-7-12/h3-8H2,1-2H3/b11-9-. The van der Waals surface area contributed by atoms with Gasteiger partial charge in [0.2, 0.25) is 0 Å². The molecule has 0 spiro atoms. The van der Waals surface area contributed by atoms with Gasteiger partial charge in [-0.3, -0.25) is 9.80 Å². The molecule has 0 aromatic rings. The highest BCUT2D eigenvalue weighted by molar-refractivity contribution is 5.99. The monoisotopic (exact) mass is 182 g/mol. The van der Waals surface area contributed by atoms with Crippen LogP contribution in [0.5, 0.6) is 0 Å². The molecule has 0 unspecified atom stereocenters. The van der Waals surface area contributed by atoms with Crippen LogP contribution in [0.1, 0.15) is 39.5 Å². The number of hydrogen-bond donors (Lipinski definition) is 0. The molecule has 0 aromatic carbocycles. The zero-order valence-corrected chi connectivity index (χ0v) is 8.55. The van der Waals surface area contributed by atoms with Crippen LogP contribution < -0.4 is 0 Å². The molecular formula is C10H18N2O.